The number of aromatic amines is 1. The van der Waals surface area contributed by atoms with E-state index in [0.717, 1.165) is 12.8 Å². The van der Waals surface area contributed by atoms with Crippen molar-refractivity contribution >= 4 is 11.9 Å². The van der Waals surface area contributed by atoms with Crippen LogP contribution in [0.3, 0.4) is 0 Å². The first-order valence-corrected chi connectivity index (χ1v) is 7.15. The maximum absolute atomic E-state index is 12.1. The molecule has 0 spiro atoms. The van der Waals surface area contributed by atoms with Crippen molar-refractivity contribution in [3.05, 3.63) is 33.2 Å². The second kappa shape index (κ2) is 8.24. The molecule has 0 fully saturated rings. The van der Waals surface area contributed by atoms with Crippen LogP contribution in [0.1, 0.15) is 60.0 Å². The predicted octanol–water partition coefficient (Wildman–Crippen LogP) is 2.07. The van der Waals surface area contributed by atoms with Gasteiger partial charge < -0.3 is 14.5 Å². The van der Waals surface area contributed by atoms with Crippen LogP contribution in [0.2, 0.25) is 0 Å². The van der Waals surface area contributed by atoms with Gasteiger partial charge in [-0.3, -0.25) is 4.79 Å². The van der Waals surface area contributed by atoms with Crippen LogP contribution in [0, 0.1) is 0 Å². The largest absolute Gasteiger partial charge is 0.462 e. The zero-order chi connectivity index (χ0) is 15.8. The monoisotopic (exact) mass is 295 g/mol. The highest BCUT2D eigenvalue weighted by Crippen LogP contribution is 2.11. The average molecular weight is 295 g/mol. The van der Waals surface area contributed by atoms with Gasteiger partial charge in [0, 0.05) is 5.69 Å². The summed E-state index contributed by atoms with van der Waals surface area (Å²) in [4.78, 5) is 38.5. The molecule has 1 N–H and O–H groups in total. The summed E-state index contributed by atoms with van der Waals surface area (Å²) in [5.74, 6) is -1.51. The molecule has 0 aromatic carbocycles. The molecule has 0 amide bonds. The van der Waals surface area contributed by atoms with E-state index in [1.165, 1.54) is 6.07 Å². The van der Waals surface area contributed by atoms with E-state index in [-0.39, 0.29) is 24.3 Å². The first-order chi connectivity index (χ1) is 10.0. The molecule has 0 atom stereocenters. The van der Waals surface area contributed by atoms with E-state index in [1.807, 2.05) is 6.92 Å². The van der Waals surface area contributed by atoms with E-state index in [2.05, 4.69) is 4.98 Å². The molecule has 116 valence electrons. The first-order valence-electron chi connectivity index (χ1n) is 7.15. The molecule has 21 heavy (non-hydrogen) atoms. The SMILES string of the molecule is CCCCc1cc(C(=O)OCC)c(C(=O)OCC)c(=O)[nH]1. The summed E-state index contributed by atoms with van der Waals surface area (Å²) >= 11 is 0. The number of aryl methyl sites for hydroxylation is 1. The maximum Gasteiger partial charge on any atom is 0.344 e. The molecule has 0 unspecified atom stereocenters. The summed E-state index contributed by atoms with van der Waals surface area (Å²) in [6, 6.07) is 1.50. The Morgan fingerprint density at radius 2 is 1.71 bits per heavy atom. The lowest BCUT2D eigenvalue weighted by Crippen LogP contribution is -2.26. The standard InChI is InChI=1S/C15H21NO5/c1-4-7-8-10-9-11(14(18)20-5-2)12(13(17)16-10)15(19)21-6-3/h9H,4-8H2,1-3H3,(H,16,17). The zero-order valence-corrected chi connectivity index (χ0v) is 12.7. The van der Waals surface area contributed by atoms with Gasteiger partial charge in [0.1, 0.15) is 5.56 Å². The topological polar surface area (TPSA) is 85.5 Å². The molecule has 0 bridgehead atoms. The number of unbranched alkanes of at least 4 members (excludes halogenated alkanes) is 1. The highest BCUT2D eigenvalue weighted by Gasteiger charge is 2.24. The van der Waals surface area contributed by atoms with Crippen molar-refractivity contribution in [3.8, 4) is 0 Å². The van der Waals surface area contributed by atoms with E-state index >= 15 is 0 Å². The molecule has 0 aliphatic heterocycles. The minimum atomic E-state index is -0.816. The fourth-order valence-electron chi connectivity index (χ4n) is 1.89. The molecule has 6 nitrogen and oxygen atoms in total. The Morgan fingerprint density at radius 3 is 2.29 bits per heavy atom. The third-order valence-corrected chi connectivity index (χ3v) is 2.86. The molecule has 1 heterocycles. The first kappa shape index (κ1) is 16.9. The Labute approximate surface area is 123 Å². The van der Waals surface area contributed by atoms with E-state index in [1.54, 1.807) is 13.8 Å². The van der Waals surface area contributed by atoms with Crippen molar-refractivity contribution < 1.29 is 19.1 Å². The lowest BCUT2D eigenvalue weighted by atomic mass is 10.1. The van der Waals surface area contributed by atoms with Gasteiger partial charge in [-0.15, -0.1) is 0 Å². The quantitative estimate of drug-likeness (QED) is 0.778. The van der Waals surface area contributed by atoms with Gasteiger partial charge in [0.2, 0.25) is 0 Å². The molecule has 0 aliphatic rings. The molecule has 0 saturated heterocycles. The number of pyridine rings is 1. The third kappa shape index (κ3) is 4.44. The van der Waals surface area contributed by atoms with Crippen molar-refractivity contribution in [2.24, 2.45) is 0 Å². The van der Waals surface area contributed by atoms with Crippen molar-refractivity contribution in [1.29, 1.82) is 0 Å². The van der Waals surface area contributed by atoms with Crippen LogP contribution in [-0.4, -0.2) is 30.1 Å². The summed E-state index contributed by atoms with van der Waals surface area (Å²) in [5.41, 5.74) is -0.344. The summed E-state index contributed by atoms with van der Waals surface area (Å²) in [5, 5.41) is 0. The number of aromatic nitrogens is 1. The molecule has 6 heteroatoms. The Balaban J connectivity index is 3.30. The Morgan fingerprint density at radius 1 is 1.10 bits per heavy atom. The Hall–Kier alpha value is -2.11. The molecule has 1 rings (SSSR count). The van der Waals surface area contributed by atoms with Gasteiger partial charge in [-0.1, -0.05) is 13.3 Å². The van der Waals surface area contributed by atoms with Crippen LogP contribution < -0.4 is 5.56 Å². The van der Waals surface area contributed by atoms with Gasteiger partial charge in [-0.05, 0) is 32.8 Å². The lowest BCUT2D eigenvalue weighted by molar-refractivity contribution is 0.0476. The number of hydrogen-bond donors (Lipinski definition) is 1. The molecule has 1 aromatic rings. The van der Waals surface area contributed by atoms with Gasteiger partial charge in [0.05, 0.1) is 18.8 Å². The van der Waals surface area contributed by atoms with E-state index < -0.39 is 17.5 Å². The fourth-order valence-corrected chi connectivity index (χ4v) is 1.89. The minimum absolute atomic E-state index is 0.0369. The summed E-state index contributed by atoms with van der Waals surface area (Å²) in [7, 11) is 0. The molecule has 0 saturated carbocycles. The van der Waals surface area contributed by atoms with E-state index in [0.29, 0.717) is 12.1 Å². The van der Waals surface area contributed by atoms with Crippen molar-refractivity contribution in [3.63, 3.8) is 0 Å². The van der Waals surface area contributed by atoms with Crippen LogP contribution >= 0.6 is 0 Å². The van der Waals surface area contributed by atoms with Crippen LogP contribution in [0.4, 0.5) is 0 Å². The number of rotatable bonds is 7. The van der Waals surface area contributed by atoms with Crippen LogP contribution in [0.15, 0.2) is 10.9 Å². The highest BCUT2D eigenvalue weighted by molar-refractivity contribution is 6.02. The predicted molar refractivity (Wildman–Crippen MR) is 77.6 cm³/mol. The summed E-state index contributed by atoms with van der Waals surface area (Å²) < 4.78 is 9.74. The lowest BCUT2D eigenvalue weighted by Gasteiger charge is -2.10. The second-order valence-corrected chi connectivity index (χ2v) is 4.46. The molecule has 1 aromatic heterocycles. The number of carbonyl (C=O) groups is 2. The molecular formula is C15H21NO5. The van der Waals surface area contributed by atoms with E-state index in [4.69, 9.17) is 9.47 Å². The fraction of sp³-hybridized carbons (Fsp3) is 0.533. The number of ether oxygens (including phenoxy) is 2. The van der Waals surface area contributed by atoms with Gasteiger partial charge >= 0.3 is 11.9 Å². The van der Waals surface area contributed by atoms with Gasteiger partial charge in [0.25, 0.3) is 5.56 Å². The van der Waals surface area contributed by atoms with Gasteiger partial charge in [-0.2, -0.15) is 0 Å². The maximum atomic E-state index is 12.1. The zero-order valence-electron chi connectivity index (χ0n) is 12.7. The van der Waals surface area contributed by atoms with Crippen molar-refractivity contribution in [2.45, 2.75) is 40.0 Å². The van der Waals surface area contributed by atoms with E-state index in [9.17, 15) is 14.4 Å². The third-order valence-electron chi connectivity index (χ3n) is 2.86. The normalized spacial score (nSPS) is 10.2. The van der Waals surface area contributed by atoms with Gasteiger partial charge in [0.15, 0.2) is 0 Å². The highest BCUT2D eigenvalue weighted by atomic mass is 16.5. The average Bonchev–Trinajstić information content (AvgIpc) is 2.44. The Kier molecular flexibility index (Phi) is 6.65. The number of esters is 2. The minimum Gasteiger partial charge on any atom is -0.462 e. The Bertz CT molecular complexity index is 562. The number of nitrogens with one attached hydrogen (secondary N) is 1. The van der Waals surface area contributed by atoms with Gasteiger partial charge in [-0.25, -0.2) is 9.59 Å². The molecule has 0 radical (unpaired) electrons. The van der Waals surface area contributed by atoms with Crippen LogP contribution in [-0.2, 0) is 15.9 Å². The number of carbonyl (C=O) groups excluding carboxylic acids is 2. The molecular weight excluding hydrogens is 274 g/mol. The molecule has 0 aliphatic carbocycles. The van der Waals surface area contributed by atoms with Crippen molar-refractivity contribution in [2.75, 3.05) is 13.2 Å². The van der Waals surface area contributed by atoms with Crippen LogP contribution in [0.25, 0.3) is 0 Å². The number of hydrogen-bond acceptors (Lipinski definition) is 5. The van der Waals surface area contributed by atoms with Crippen molar-refractivity contribution in [1.82, 2.24) is 4.98 Å². The second-order valence-electron chi connectivity index (χ2n) is 4.46. The van der Waals surface area contributed by atoms with Crippen LogP contribution in [0.5, 0.6) is 0 Å². The smallest absolute Gasteiger partial charge is 0.344 e. The number of H-pyrrole nitrogens is 1. The summed E-state index contributed by atoms with van der Waals surface area (Å²) in [6.45, 7) is 5.60. The summed E-state index contributed by atoms with van der Waals surface area (Å²) in [6.07, 6.45) is 2.45.